The van der Waals surface area contributed by atoms with Crippen LogP contribution in [0.25, 0.3) is 0 Å². The molecular formula is C11H22O. The van der Waals surface area contributed by atoms with E-state index >= 15 is 0 Å². The van der Waals surface area contributed by atoms with Gasteiger partial charge in [-0.3, -0.25) is 0 Å². The second-order valence-corrected chi connectivity index (χ2v) is 5.66. The van der Waals surface area contributed by atoms with E-state index in [0.29, 0.717) is 11.3 Å². The molecule has 1 rings (SSSR count). The molecule has 0 aromatic carbocycles. The summed E-state index contributed by atoms with van der Waals surface area (Å²) >= 11 is 0. The van der Waals surface area contributed by atoms with Crippen molar-refractivity contribution in [2.24, 2.45) is 11.3 Å². The molecule has 1 aliphatic rings. The summed E-state index contributed by atoms with van der Waals surface area (Å²) in [7, 11) is 0. The molecular weight excluding hydrogens is 148 g/mol. The van der Waals surface area contributed by atoms with Gasteiger partial charge in [-0.05, 0) is 37.5 Å². The zero-order valence-electron chi connectivity index (χ0n) is 8.85. The molecule has 2 unspecified atom stereocenters. The highest BCUT2D eigenvalue weighted by atomic mass is 16.3. The molecule has 0 saturated heterocycles. The van der Waals surface area contributed by atoms with Crippen molar-refractivity contribution in [2.75, 3.05) is 0 Å². The molecule has 1 fully saturated rings. The predicted molar refractivity (Wildman–Crippen MR) is 52.0 cm³/mol. The third-order valence-electron chi connectivity index (χ3n) is 3.18. The number of aliphatic hydroxyl groups is 1. The summed E-state index contributed by atoms with van der Waals surface area (Å²) in [4.78, 5) is 0. The molecule has 0 radical (unpaired) electrons. The maximum atomic E-state index is 9.91. The molecule has 1 N–H and O–H groups in total. The summed E-state index contributed by atoms with van der Waals surface area (Å²) in [6.45, 7) is 8.81. The lowest BCUT2D eigenvalue weighted by molar-refractivity contribution is -0.0231. The largest absolute Gasteiger partial charge is 0.390 e. The summed E-state index contributed by atoms with van der Waals surface area (Å²) in [5.41, 5.74) is -0.0272. The van der Waals surface area contributed by atoms with Crippen molar-refractivity contribution in [3.63, 3.8) is 0 Å². The van der Waals surface area contributed by atoms with Crippen LogP contribution in [0.3, 0.4) is 0 Å². The fourth-order valence-electron chi connectivity index (χ4n) is 2.20. The van der Waals surface area contributed by atoms with E-state index in [2.05, 4.69) is 20.8 Å². The normalized spacial score (nSPS) is 38.2. The Labute approximate surface area is 76.2 Å². The second kappa shape index (κ2) is 3.02. The molecule has 12 heavy (non-hydrogen) atoms. The van der Waals surface area contributed by atoms with E-state index < -0.39 is 5.60 Å². The summed E-state index contributed by atoms with van der Waals surface area (Å²) in [5, 5.41) is 9.91. The van der Waals surface area contributed by atoms with Gasteiger partial charge in [0, 0.05) is 0 Å². The molecule has 1 saturated carbocycles. The van der Waals surface area contributed by atoms with Gasteiger partial charge in [0.05, 0.1) is 5.60 Å². The zero-order valence-corrected chi connectivity index (χ0v) is 8.85. The van der Waals surface area contributed by atoms with E-state index in [4.69, 9.17) is 0 Å². The van der Waals surface area contributed by atoms with Gasteiger partial charge in [-0.15, -0.1) is 0 Å². The fourth-order valence-corrected chi connectivity index (χ4v) is 2.20. The molecule has 1 heteroatoms. The summed E-state index contributed by atoms with van der Waals surface area (Å²) in [6, 6.07) is 0. The molecule has 0 aromatic heterocycles. The van der Waals surface area contributed by atoms with Crippen LogP contribution in [0.2, 0.25) is 0 Å². The first kappa shape index (κ1) is 10.0. The second-order valence-electron chi connectivity index (χ2n) is 5.66. The van der Waals surface area contributed by atoms with Gasteiger partial charge in [-0.25, -0.2) is 0 Å². The Morgan fingerprint density at radius 1 is 1.33 bits per heavy atom. The Hall–Kier alpha value is -0.0400. The van der Waals surface area contributed by atoms with Crippen molar-refractivity contribution in [1.82, 2.24) is 0 Å². The van der Waals surface area contributed by atoms with E-state index in [1.807, 2.05) is 6.92 Å². The predicted octanol–water partition coefficient (Wildman–Crippen LogP) is 2.97. The van der Waals surface area contributed by atoms with Gasteiger partial charge >= 0.3 is 0 Å². The first-order chi connectivity index (χ1) is 5.31. The first-order valence-electron chi connectivity index (χ1n) is 5.04. The Bertz CT molecular complexity index is 150. The van der Waals surface area contributed by atoms with Crippen molar-refractivity contribution in [3.05, 3.63) is 0 Å². The van der Waals surface area contributed by atoms with Gasteiger partial charge in [-0.1, -0.05) is 27.2 Å². The van der Waals surface area contributed by atoms with Crippen LogP contribution in [0.1, 0.15) is 53.4 Å². The third kappa shape index (κ3) is 2.48. The van der Waals surface area contributed by atoms with E-state index in [0.717, 1.165) is 12.8 Å². The molecule has 72 valence electrons. The summed E-state index contributed by atoms with van der Waals surface area (Å²) < 4.78 is 0. The van der Waals surface area contributed by atoms with Crippen LogP contribution in [0.15, 0.2) is 0 Å². The third-order valence-corrected chi connectivity index (χ3v) is 3.18. The topological polar surface area (TPSA) is 20.2 Å². The molecule has 0 heterocycles. The molecule has 1 nitrogen and oxygen atoms in total. The van der Waals surface area contributed by atoms with E-state index in [1.54, 1.807) is 0 Å². The zero-order chi connectivity index (χ0) is 9.41. The molecule has 0 spiro atoms. The van der Waals surface area contributed by atoms with E-state index in [1.165, 1.54) is 12.8 Å². The minimum atomic E-state index is -0.393. The monoisotopic (exact) mass is 170 g/mol. The van der Waals surface area contributed by atoms with Gasteiger partial charge in [0.15, 0.2) is 0 Å². The van der Waals surface area contributed by atoms with Crippen LogP contribution < -0.4 is 0 Å². The molecule has 2 atom stereocenters. The number of hydrogen-bond acceptors (Lipinski definition) is 1. The molecule has 0 aliphatic heterocycles. The van der Waals surface area contributed by atoms with Crippen LogP contribution in [-0.4, -0.2) is 10.7 Å². The van der Waals surface area contributed by atoms with Crippen molar-refractivity contribution in [1.29, 1.82) is 0 Å². The first-order valence-corrected chi connectivity index (χ1v) is 5.04. The van der Waals surface area contributed by atoms with Gasteiger partial charge < -0.3 is 5.11 Å². The minimum Gasteiger partial charge on any atom is -0.390 e. The van der Waals surface area contributed by atoms with Crippen LogP contribution in [0.5, 0.6) is 0 Å². The molecule has 0 amide bonds. The Kier molecular flexibility index (Phi) is 2.53. The minimum absolute atomic E-state index is 0.365. The lowest BCUT2D eigenvalue weighted by atomic mass is 9.68. The molecule has 0 bridgehead atoms. The Balaban J connectivity index is 2.58. The van der Waals surface area contributed by atoms with Crippen LogP contribution in [0, 0.1) is 11.3 Å². The van der Waals surface area contributed by atoms with Gasteiger partial charge in [0.2, 0.25) is 0 Å². The van der Waals surface area contributed by atoms with Crippen molar-refractivity contribution >= 4 is 0 Å². The fraction of sp³-hybridized carbons (Fsp3) is 1.00. The maximum absolute atomic E-state index is 9.91. The Morgan fingerprint density at radius 3 is 2.25 bits per heavy atom. The van der Waals surface area contributed by atoms with Crippen molar-refractivity contribution in [3.8, 4) is 0 Å². The Morgan fingerprint density at radius 2 is 1.92 bits per heavy atom. The molecule has 1 aliphatic carbocycles. The quantitative estimate of drug-likeness (QED) is 0.592. The summed E-state index contributed by atoms with van der Waals surface area (Å²) in [6.07, 6.45) is 4.45. The molecule has 0 aromatic rings. The van der Waals surface area contributed by atoms with E-state index in [9.17, 15) is 5.11 Å². The highest BCUT2D eigenvalue weighted by molar-refractivity contribution is 4.87. The van der Waals surface area contributed by atoms with Crippen LogP contribution in [-0.2, 0) is 0 Å². The average Bonchev–Trinajstić information content (AvgIpc) is 1.83. The van der Waals surface area contributed by atoms with E-state index in [-0.39, 0.29) is 0 Å². The smallest absolute Gasteiger partial charge is 0.0622 e. The van der Waals surface area contributed by atoms with Crippen LogP contribution in [0.4, 0.5) is 0 Å². The van der Waals surface area contributed by atoms with Crippen molar-refractivity contribution < 1.29 is 5.11 Å². The number of hydrogen-bond donors (Lipinski definition) is 1. The lowest BCUT2D eigenvalue weighted by Gasteiger charge is -2.40. The van der Waals surface area contributed by atoms with Gasteiger partial charge in [0.1, 0.15) is 0 Å². The SMILES string of the molecule is CC1(O)CCCC(C(C)(C)C)C1. The highest BCUT2D eigenvalue weighted by Crippen LogP contribution is 2.41. The average molecular weight is 170 g/mol. The van der Waals surface area contributed by atoms with Gasteiger partial charge in [0.25, 0.3) is 0 Å². The highest BCUT2D eigenvalue weighted by Gasteiger charge is 2.35. The summed E-state index contributed by atoms with van der Waals surface area (Å²) in [5.74, 6) is 0.696. The number of rotatable bonds is 0. The standard InChI is InChI=1S/C11H22O/c1-10(2,3)9-6-5-7-11(4,12)8-9/h9,12H,5-8H2,1-4H3. The maximum Gasteiger partial charge on any atom is 0.0622 e. The van der Waals surface area contributed by atoms with Crippen LogP contribution >= 0.6 is 0 Å². The lowest BCUT2D eigenvalue weighted by Crippen LogP contribution is -2.36. The van der Waals surface area contributed by atoms with Gasteiger partial charge in [-0.2, -0.15) is 0 Å². The van der Waals surface area contributed by atoms with Crippen molar-refractivity contribution in [2.45, 2.75) is 59.0 Å².